The Hall–Kier alpha value is -1.80. The fraction of sp³-hybridized carbons (Fsp3) is 0.250. The van der Waals surface area contributed by atoms with E-state index in [1.807, 2.05) is 6.07 Å². The second kappa shape index (κ2) is 6.22. The average molecular weight is 240 g/mol. The molecule has 0 heterocycles. The zero-order valence-electron chi connectivity index (χ0n) is 10.8. The Morgan fingerprint density at radius 1 is 1.00 bits per heavy atom. The number of benzene rings is 2. The molecule has 0 bridgehead atoms. The van der Waals surface area contributed by atoms with E-state index in [0.29, 0.717) is 0 Å². The van der Waals surface area contributed by atoms with Gasteiger partial charge in [0.15, 0.2) is 0 Å². The first-order valence-electron chi connectivity index (χ1n) is 6.43. The molecule has 1 atom stereocenters. The van der Waals surface area contributed by atoms with Crippen molar-refractivity contribution < 1.29 is 0 Å². The second-order valence-electron chi connectivity index (χ2n) is 4.48. The van der Waals surface area contributed by atoms with Gasteiger partial charge in [0.05, 0.1) is 0 Å². The minimum absolute atomic E-state index is 0.146. The molecule has 0 aliphatic rings. The Balaban J connectivity index is 1.94. The number of hydrogen-bond donors (Lipinski definition) is 2. The van der Waals surface area contributed by atoms with E-state index in [2.05, 4.69) is 60.8 Å². The lowest BCUT2D eigenvalue weighted by atomic mass is 10.1. The van der Waals surface area contributed by atoms with Crippen LogP contribution < -0.4 is 11.1 Å². The molecule has 18 heavy (non-hydrogen) atoms. The van der Waals surface area contributed by atoms with Crippen molar-refractivity contribution in [3.8, 4) is 0 Å². The number of hydrogen-bond acceptors (Lipinski definition) is 2. The lowest BCUT2D eigenvalue weighted by Gasteiger charge is -2.11. The van der Waals surface area contributed by atoms with Gasteiger partial charge in [-0.1, -0.05) is 49.4 Å². The van der Waals surface area contributed by atoms with E-state index in [1.54, 1.807) is 0 Å². The molecular weight excluding hydrogens is 220 g/mol. The van der Waals surface area contributed by atoms with Crippen LogP contribution in [0.4, 0.5) is 5.69 Å². The molecule has 2 nitrogen and oxygen atoms in total. The lowest BCUT2D eigenvalue weighted by molar-refractivity contribution is 0.699. The summed E-state index contributed by atoms with van der Waals surface area (Å²) in [6.07, 6.45) is 0.969. The normalized spacial score (nSPS) is 12.1. The predicted octanol–water partition coefficient (Wildman–Crippen LogP) is 3.71. The summed E-state index contributed by atoms with van der Waals surface area (Å²) >= 11 is 0. The molecule has 0 aliphatic carbocycles. The van der Waals surface area contributed by atoms with Crippen molar-refractivity contribution >= 4 is 5.69 Å². The van der Waals surface area contributed by atoms with Gasteiger partial charge in [-0.05, 0) is 29.7 Å². The number of anilines is 1. The van der Waals surface area contributed by atoms with Gasteiger partial charge >= 0.3 is 0 Å². The van der Waals surface area contributed by atoms with Crippen molar-refractivity contribution in [2.75, 3.05) is 5.32 Å². The highest BCUT2D eigenvalue weighted by Crippen LogP contribution is 2.17. The highest BCUT2D eigenvalue weighted by atomic mass is 14.9. The van der Waals surface area contributed by atoms with Gasteiger partial charge in [-0.3, -0.25) is 0 Å². The van der Waals surface area contributed by atoms with E-state index in [-0.39, 0.29) is 6.04 Å². The highest BCUT2D eigenvalue weighted by molar-refractivity contribution is 5.45. The van der Waals surface area contributed by atoms with Crippen LogP contribution in [0, 0.1) is 0 Å². The molecule has 0 saturated heterocycles. The molecule has 2 heteroatoms. The zero-order chi connectivity index (χ0) is 12.8. The van der Waals surface area contributed by atoms with E-state index in [1.165, 1.54) is 11.1 Å². The first-order valence-corrected chi connectivity index (χ1v) is 6.43. The quantitative estimate of drug-likeness (QED) is 0.836. The van der Waals surface area contributed by atoms with Gasteiger partial charge in [-0.25, -0.2) is 0 Å². The van der Waals surface area contributed by atoms with Crippen LogP contribution in [0.15, 0.2) is 54.6 Å². The topological polar surface area (TPSA) is 38.0 Å². The number of nitrogens with one attached hydrogen (secondary N) is 1. The van der Waals surface area contributed by atoms with Crippen molar-refractivity contribution in [2.45, 2.75) is 25.9 Å². The summed E-state index contributed by atoms with van der Waals surface area (Å²) < 4.78 is 0. The van der Waals surface area contributed by atoms with Crippen LogP contribution in [-0.4, -0.2) is 0 Å². The average Bonchev–Trinajstić information content (AvgIpc) is 2.46. The highest BCUT2D eigenvalue weighted by Gasteiger charge is 2.02. The summed E-state index contributed by atoms with van der Waals surface area (Å²) in [5.74, 6) is 0. The SMILES string of the molecule is CC[C@@H](N)c1ccc(NCc2ccccc2)cc1. The van der Waals surface area contributed by atoms with Gasteiger partial charge < -0.3 is 11.1 Å². The molecule has 0 spiro atoms. The zero-order valence-corrected chi connectivity index (χ0v) is 10.8. The van der Waals surface area contributed by atoms with Crippen molar-refractivity contribution in [2.24, 2.45) is 5.73 Å². The fourth-order valence-electron chi connectivity index (χ4n) is 1.88. The molecule has 2 aromatic rings. The molecule has 0 aromatic heterocycles. The van der Waals surface area contributed by atoms with E-state index >= 15 is 0 Å². The van der Waals surface area contributed by atoms with E-state index in [0.717, 1.165) is 18.7 Å². The summed E-state index contributed by atoms with van der Waals surface area (Å²) in [6.45, 7) is 2.95. The summed E-state index contributed by atoms with van der Waals surface area (Å²) in [6, 6.07) is 18.9. The van der Waals surface area contributed by atoms with Crippen LogP contribution in [0.5, 0.6) is 0 Å². The van der Waals surface area contributed by atoms with Gasteiger partial charge in [0.1, 0.15) is 0 Å². The monoisotopic (exact) mass is 240 g/mol. The van der Waals surface area contributed by atoms with Crippen LogP contribution in [0.25, 0.3) is 0 Å². The number of rotatable bonds is 5. The molecule has 0 amide bonds. The first-order chi connectivity index (χ1) is 8.79. The third-order valence-corrected chi connectivity index (χ3v) is 3.12. The van der Waals surface area contributed by atoms with Crippen molar-refractivity contribution in [3.63, 3.8) is 0 Å². The van der Waals surface area contributed by atoms with Crippen molar-refractivity contribution in [1.29, 1.82) is 0 Å². The summed E-state index contributed by atoms with van der Waals surface area (Å²) in [4.78, 5) is 0. The maximum Gasteiger partial charge on any atom is 0.0400 e. The minimum Gasteiger partial charge on any atom is -0.381 e. The van der Waals surface area contributed by atoms with Gasteiger partial charge in [0.2, 0.25) is 0 Å². The van der Waals surface area contributed by atoms with Crippen LogP contribution in [0.1, 0.15) is 30.5 Å². The first kappa shape index (κ1) is 12.7. The Morgan fingerprint density at radius 2 is 1.67 bits per heavy atom. The van der Waals surface area contributed by atoms with Crippen LogP contribution in [0.2, 0.25) is 0 Å². The Labute approximate surface area is 109 Å². The van der Waals surface area contributed by atoms with Gasteiger partial charge in [0.25, 0.3) is 0 Å². The second-order valence-corrected chi connectivity index (χ2v) is 4.48. The maximum absolute atomic E-state index is 5.99. The smallest absolute Gasteiger partial charge is 0.0400 e. The van der Waals surface area contributed by atoms with Gasteiger partial charge in [-0.15, -0.1) is 0 Å². The molecule has 3 N–H and O–H groups in total. The molecule has 0 fully saturated rings. The molecule has 0 unspecified atom stereocenters. The van der Waals surface area contributed by atoms with Crippen molar-refractivity contribution in [3.05, 3.63) is 65.7 Å². The van der Waals surface area contributed by atoms with E-state index in [9.17, 15) is 0 Å². The molecule has 94 valence electrons. The lowest BCUT2D eigenvalue weighted by Crippen LogP contribution is -2.08. The largest absolute Gasteiger partial charge is 0.381 e. The molecule has 0 saturated carbocycles. The minimum atomic E-state index is 0.146. The molecule has 0 radical (unpaired) electrons. The van der Waals surface area contributed by atoms with Crippen LogP contribution >= 0.6 is 0 Å². The molecule has 2 rings (SSSR count). The standard InChI is InChI=1S/C16H20N2/c1-2-16(17)14-8-10-15(11-9-14)18-12-13-6-4-3-5-7-13/h3-11,16,18H,2,12,17H2,1H3/t16-/m1/s1. The Morgan fingerprint density at radius 3 is 2.28 bits per heavy atom. The Kier molecular flexibility index (Phi) is 4.37. The van der Waals surface area contributed by atoms with E-state index < -0.39 is 0 Å². The Bertz CT molecular complexity index is 462. The van der Waals surface area contributed by atoms with Gasteiger partial charge in [-0.2, -0.15) is 0 Å². The van der Waals surface area contributed by atoms with Crippen LogP contribution in [0.3, 0.4) is 0 Å². The summed E-state index contributed by atoms with van der Waals surface area (Å²) in [5, 5.41) is 3.40. The summed E-state index contributed by atoms with van der Waals surface area (Å²) in [7, 11) is 0. The van der Waals surface area contributed by atoms with E-state index in [4.69, 9.17) is 5.73 Å². The molecular formula is C16H20N2. The van der Waals surface area contributed by atoms with Crippen LogP contribution in [-0.2, 0) is 6.54 Å². The molecule has 2 aromatic carbocycles. The van der Waals surface area contributed by atoms with Crippen molar-refractivity contribution in [1.82, 2.24) is 0 Å². The third-order valence-electron chi connectivity index (χ3n) is 3.12. The summed E-state index contributed by atoms with van der Waals surface area (Å²) in [5.41, 5.74) is 9.60. The fourth-order valence-corrected chi connectivity index (χ4v) is 1.88. The number of nitrogens with two attached hydrogens (primary N) is 1. The third kappa shape index (κ3) is 3.34. The predicted molar refractivity (Wildman–Crippen MR) is 77.4 cm³/mol. The maximum atomic E-state index is 5.99. The van der Waals surface area contributed by atoms with Gasteiger partial charge in [0, 0.05) is 18.3 Å². The molecule has 0 aliphatic heterocycles.